The Kier molecular flexibility index (Phi) is 18.6. The topological polar surface area (TPSA) is 60.7 Å². The van der Waals surface area contributed by atoms with Crippen molar-refractivity contribution >= 4 is 62.3 Å². The fraction of sp³-hybridized carbons (Fsp3) is 0.250. The fourth-order valence-corrected chi connectivity index (χ4v) is 2.79. The normalized spacial score (nSPS) is 12.6. The molecule has 0 bridgehead atoms. The maximum atomic E-state index is 8.68. The average Bonchev–Trinajstić information content (AvgIpc) is 2.85. The number of hydrogen-bond acceptors (Lipinski definition) is 6. The third-order valence-corrected chi connectivity index (χ3v) is 5.28. The van der Waals surface area contributed by atoms with Crippen LogP contribution in [-0.2, 0) is 37.9 Å². The molecule has 0 aliphatic heterocycles. The van der Waals surface area contributed by atoms with Gasteiger partial charge in [0, 0.05) is 19.8 Å². The molecule has 3 N–H and O–H groups in total. The largest absolute Gasteiger partial charge is 3.00 e. The van der Waals surface area contributed by atoms with Gasteiger partial charge in [0.2, 0.25) is 0 Å². The molecule has 7 heteroatoms. The molecule has 0 aliphatic rings. The van der Waals surface area contributed by atoms with Crippen molar-refractivity contribution in [1.29, 1.82) is 0 Å². The van der Waals surface area contributed by atoms with E-state index in [0.717, 1.165) is 16.7 Å². The Morgan fingerprint density at radius 2 is 0.645 bits per heavy atom. The SMILES string of the molecule is OCC([S-])c1ccccc1.OCC([S-])c1ccccc1.OCC([S-])c1ccccc1.[Sb+3]. The van der Waals surface area contributed by atoms with E-state index >= 15 is 0 Å². The zero-order valence-electron chi connectivity index (χ0n) is 17.0. The fourth-order valence-electron chi connectivity index (χ4n) is 2.32. The molecule has 3 nitrogen and oxygen atoms in total. The van der Waals surface area contributed by atoms with Crippen LogP contribution in [0, 0.1) is 0 Å². The average molecular weight is 581 g/mol. The molecule has 3 aromatic carbocycles. The minimum absolute atomic E-state index is 0. The van der Waals surface area contributed by atoms with Crippen LogP contribution < -0.4 is 0 Å². The van der Waals surface area contributed by atoms with Gasteiger partial charge in [-0.25, -0.2) is 0 Å². The summed E-state index contributed by atoms with van der Waals surface area (Å²) in [5.74, 6) is 0. The monoisotopic (exact) mass is 580 g/mol. The van der Waals surface area contributed by atoms with Gasteiger partial charge in [-0.1, -0.05) is 108 Å². The standard InChI is InChI=1S/3C8H10OS.Sb/c3*9-6-8(10)7-4-2-1-3-5-7;/h3*1-5,8-10H,6H2;/q;;;+3/p-3. The molecule has 0 fully saturated rings. The first-order valence-corrected chi connectivity index (χ1v) is 10.9. The predicted octanol–water partition coefficient (Wildman–Crippen LogP) is 3.42. The predicted molar refractivity (Wildman–Crippen MR) is 137 cm³/mol. The molecule has 3 atom stereocenters. The molecule has 0 saturated heterocycles. The van der Waals surface area contributed by atoms with Crippen LogP contribution in [-0.4, -0.2) is 59.6 Å². The molecular formula is C24H27O3S3Sb. The first-order chi connectivity index (χ1) is 14.5. The molecule has 3 rings (SSSR count). The zero-order valence-corrected chi connectivity index (χ0v) is 22.0. The summed E-state index contributed by atoms with van der Waals surface area (Å²) in [7, 11) is 0. The molecule has 164 valence electrons. The number of aliphatic hydroxyl groups is 3. The van der Waals surface area contributed by atoms with Crippen molar-refractivity contribution in [2.45, 2.75) is 15.7 Å². The van der Waals surface area contributed by atoms with E-state index in [-0.39, 0.29) is 60.0 Å². The Balaban J connectivity index is 0.000000429. The van der Waals surface area contributed by atoms with Crippen LogP contribution in [0.3, 0.4) is 0 Å². The molecule has 0 aliphatic carbocycles. The second-order valence-electron chi connectivity index (χ2n) is 6.25. The van der Waals surface area contributed by atoms with Crippen LogP contribution in [0.25, 0.3) is 0 Å². The van der Waals surface area contributed by atoms with Gasteiger partial charge in [0.05, 0.1) is 0 Å². The third-order valence-electron chi connectivity index (χ3n) is 4.01. The smallest absolute Gasteiger partial charge is 0.782 e. The Hall–Kier alpha value is -0.592. The Morgan fingerprint density at radius 1 is 0.452 bits per heavy atom. The summed E-state index contributed by atoms with van der Waals surface area (Å²) in [5, 5.41) is 25.6. The van der Waals surface area contributed by atoms with Crippen LogP contribution in [0.4, 0.5) is 0 Å². The van der Waals surface area contributed by atoms with Gasteiger partial charge in [-0.3, -0.25) is 0 Å². The van der Waals surface area contributed by atoms with E-state index in [4.69, 9.17) is 53.2 Å². The van der Waals surface area contributed by atoms with Crippen LogP contribution in [0.1, 0.15) is 32.4 Å². The van der Waals surface area contributed by atoms with Gasteiger partial charge >= 0.3 is 24.4 Å². The maximum Gasteiger partial charge on any atom is 3.00 e. The number of hydrogen-bond donors (Lipinski definition) is 3. The third kappa shape index (κ3) is 12.9. The molecule has 2 radical (unpaired) electrons. The van der Waals surface area contributed by atoms with E-state index in [1.807, 2.05) is 91.0 Å². The van der Waals surface area contributed by atoms with Gasteiger partial charge in [0.15, 0.2) is 0 Å². The second-order valence-corrected chi connectivity index (χ2v) is 7.95. The van der Waals surface area contributed by atoms with Crippen molar-refractivity contribution in [3.63, 3.8) is 0 Å². The first kappa shape index (κ1) is 30.4. The molecule has 0 heterocycles. The zero-order chi connectivity index (χ0) is 22.2. The first-order valence-electron chi connectivity index (χ1n) is 9.48. The van der Waals surface area contributed by atoms with Crippen LogP contribution in [0.15, 0.2) is 91.0 Å². The van der Waals surface area contributed by atoms with Gasteiger partial charge in [-0.2, -0.15) is 0 Å². The molecule has 3 unspecified atom stereocenters. The van der Waals surface area contributed by atoms with Crippen molar-refractivity contribution in [2.24, 2.45) is 0 Å². The van der Waals surface area contributed by atoms with Gasteiger partial charge in [-0.15, -0.1) is 15.7 Å². The minimum Gasteiger partial charge on any atom is -0.782 e. The van der Waals surface area contributed by atoms with E-state index < -0.39 is 0 Å². The summed E-state index contributed by atoms with van der Waals surface area (Å²) >= 11 is 14.9. The van der Waals surface area contributed by atoms with Crippen molar-refractivity contribution in [1.82, 2.24) is 0 Å². The minimum atomic E-state index is -0.152. The van der Waals surface area contributed by atoms with E-state index in [1.165, 1.54) is 0 Å². The maximum absolute atomic E-state index is 8.68. The van der Waals surface area contributed by atoms with Gasteiger partial charge < -0.3 is 53.2 Å². The van der Waals surface area contributed by atoms with Crippen LogP contribution >= 0.6 is 0 Å². The van der Waals surface area contributed by atoms with Crippen molar-refractivity contribution in [3.8, 4) is 0 Å². The Morgan fingerprint density at radius 3 is 0.806 bits per heavy atom. The van der Waals surface area contributed by atoms with E-state index in [1.54, 1.807) is 0 Å². The Labute approximate surface area is 219 Å². The molecule has 0 aromatic heterocycles. The van der Waals surface area contributed by atoms with E-state index in [2.05, 4.69) is 0 Å². The number of benzene rings is 3. The Bertz CT molecular complexity index is 672. The molecule has 0 spiro atoms. The molecule has 0 saturated carbocycles. The van der Waals surface area contributed by atoms with Gasteiger partial charge in [0.25, 0.3) is 0 Å². The van der Waals surface area contributed by atoms with E-state index in [0.29, 0.717) is 0 Å². The number of aliphatic hydroxyl groups excluding tert-OH is 3. The molecule has 0 amide bonds. The number of rotatable bonds is 6. The summed E-state index contributed by atoms with van der Waals surface area (Å²) in [6.07, 6.45) is 0. The van der Waals surface area contributed by atoms with Crippen LogP contribution in [0.2, 0.25) is 0 Å². The molecule has 31 heavy (non-hydrogen) atoms. The van der Waals surface area contributed by atoms with Gasteiger partial charge in [0.1, 0.15) is 0 Å². The summed E-state index contributed by atoms with van der Waals surface area (Å²) < 4.78 is 0. The summed E-state index contributed by atoms with van der Waals surface area (Å²) in [6.45, 7) is 0.123. The van der Waals surface area contributed by atoms with Crippen LogP contribution in [0.5, 0.6) is 0 Å². The van der Waals surface area contributed by atoms with Crippen molar-refractivity contribution < 1.29 is 15.3 Å². The van der Waals surface area contributed by atoms with Crippen molar-refractivity contribution in [3.05, 3.63) is 108 Å². The summed E-state index contributed by atoms with van der Waals surface area (Å²) in [4.78, 5) is 0. The van der Waals surface area contributed by atoms with Crippen molar-refractivity contribution in [2.75, 3.05) is 19.8 Å². The van der Waals surface area contributed by atoms with E-state index in [9.17, 15) is 0 Å². The summed E-state index contributed by atoms with van der Waals surface area (Å²) in [5.41, 5.74) is 3.04. The summed E-state index contributed by atoms with van der Waals surface area (Å²) in [6, 6.07) is 28.9. The molecular weight excluding hydrogens is 554 g/mol. The quantitative estimate of drug-likeness (QED) is 0.307. The van der Waals surface area contributed by atoms with Gasteiger partial charge in [-0.05, 0) is 0 Å². The second kappa shape index (κ2) is 18.9. The molecule has 3 aromatic rings.